The van der Waals surface area contributed by atoms with Crippen LogP contribution in [-0.2, 0) is 0 Å². The summed E-state index contributed by atoms with van der Waals surface area (Å²) >= 11 is 3.15. The van der Waals surface area contributed by atoms with E-state index in [0.29, 0.717) is 4.47 Å². The number of carbonyl (C=O) groups excluding carboxylic acids is 1. The Kier molecular flexibility index (Phi) is 5.29. The molecule has 0 fully saturated rings. The van der Waals surface area contributed by atoms with Crippen LogP contribution in [0, 0.1) is 11.7 Å². The fourth-order valence-electron chi connectivity index (χ4n) is 2.50. The van der Waals surface area contributed by atoms with Crippen LogP contribution >= 0.6 is 15.9 Å². The van der Waals surface area contributed by atoms with Gasteiger partial charge in [0.05, 0.1) is 16.0 Å². The van der Waals surface area contributed by atoms with E-state index in [0.717, 1.165) is 12.0 Å². The standard InChI is InChI=1S/C18H18BrFO/c1-3-12(2)16(13-8-5-4-6-9-13)18(21)14-10-7-11-15(19)17(14)20/h4-12,16H,3H2,1-2H3. The smallest absolute Gasteiger partial charge is 0.173 e. The van der Waals surface area contributed by atoms with Crippen molar-refractivity contribution in [3.63, 3.8) is 0 Å². The maximum Gasteiger partial charge on any atom is 0.173 e. The van der Waals surface area contributed by atoms with Crippen LogP contribution in [0.1, 0.15) is 42.1 Å². The molecule has 0 N–H and O–H groups in total. The monoisotopic (exact) mass is 348 g/mol. The van der Waals surface area contributed by atoms with Gasteiger partial charge in [0, 0.05) is 0 Å². The summed E-state index contributed by atoms with van der Waals surface area (Å²) in [4.78, 5) is 12.9. The van der Waals surface area contributed by atoms with Gasteiger partial charge in [-0.05, 0) is 39.5 Å². The second-order valence-corrected chi connectivity index (χ2v) is 6.09. The lowest BCUT2D eigenvalue weighted by molar-refractivity contribution is 0.0928. The normalized spacial score (nSPS) is 13.7. The third-order valence-electron chi connectivity index (χ3n) is 3.87. The van der Waals surface area contributed by atoms with E-state index in [9.17, 15) is 9.18 Å². The van der Waals surface area contributed by atoms with Crippen LogP contribution in [0.4, 0.5) is 4.39 Å². The van der Waals surface area contributed by atoms with Gasteiger partial charge in [0.2, 0.25) is 0 Å². The lowest BCUT2D eigenvalue weighted by atomic mass is 9.80. The number of carbonyl (C=O) groups is 1. The molecule has 21 heavy (non-hydrogen) atoms. The summed E-state index contributed by atoms with van der Waals surface area (Å²) in [5, 5.41) is 0. The van der Waals surface area contributed by atoms with Gasteiger partial charge in [0.25, 0.3) is 0 Å². The van der Waals surface area contributed by atoms with Crippen molar-refractivity contribution in [2.45, 2.75) is 26.2 Å². The van der Waals surface area contributed by atoms with E-state index in [1.807, 2.05) is 44.2 Å². The molecule has 2 aromatic carbocycles. The summed E-state index contributed by atoms with van der Waals surface area (Å²) in [5.74, 6) is -0.806. The maximum absolute atomic E-state index is 14.2. The van der Waals surface area contributed by atoms with Gasteiger partial charge in [-0.2, -0.15) is 0 Å². The van der Waals surface area contributed by atoms with Crippen molar-refractivity contribution in [3.8, 4) is 0 Å². The van der Waals surface area contributed by atoms with Crippen molar-refractivity contribution >= 4 is 21.7 Å². The third kappa shape index (κ3) is 3.41. The molecule has 0 amide bonds. The highest BCUT2D eigenvalue weighted by Crippen LogP contribution is 2.32. The van der Waals surface area contributed by atoms with Crippen molar-refractivity contribution in [2.75, 3.05) is 0 Å². The van der Waals surface area contributed by atoms with E-state index >= 15 is 0 Å². The highest BCUT2D eigenvalue weighted by atomic mass is 79.9. The van der Waals surface area contributed by atoms with Crippen LogP contribution in [0.5, 0.6) is 0 Å². The van der Waals surface area contributed by atoms with E-state index < -0.39 is 5.82 Å². The van der Waals surface area contributed by atoms with Crippen LogP contribution < -0.4 is 0 Å². The van der Waals surface area contributed by atoms with Crippen molar-refractivity contribution in [1.82, 2.24) is 0 Å². The molecule has 0 heterocycles. The Balaban J connectivity index is 2.47. The lowest BCUT2D eigenvalue weighted by Gasteiger charge is -2.22. The van der Waals surface area contributed by atoms with Gasteiger partial charge in [-0.3, -0.25) is 4.79 Å². The summed E-state index contributed by atoms with van der Waals surface area (Å²) in [5.41, 5.74) is 1.09. The summed E-state index contributed by atoms with van der Waals surface area (Å²) in [6.07, 6.45) is 0.862. The van der Waals surface area contributed by atoms with Crippen molar-refractivity contribution in [3.05, 3.63) is 69.9 Å². The molecule has 2 aromatic rings. The van der Waals surface area contributed by atoms with E-state index in [2.05, 4.69) is 15.9 Å². The molecule has 110 valence electrons. The Hall–Kier alpha value is -1.48. The van der Waals surface area contributed by atoms with E-state index in [1.165, 1.54) is 0 Å². The maximum atomic E-state index is 14.2. The minimum absolute atomic E-state index is 0.151. The van der Waals surface area contributed by atoms with Crippen LogP contribution in [-0.4, -0.2) is 5.78 Å². The van der Waals surface area contributed by atoms with Crippen LogP contribution in [0.25, 0.3) is 0 Å². The van der Waals surface area contributed by atoms with E-state index in [4.69, 9.17) is 0 Å². The Labute approximate surface area is 133 Å². The van der Waals surface area contributed by atoms with Gasteiger partial charge in [-0.15, -0.1) is 0 Å². The quantitative estimate of drug-likeness (QED) is 0.642. The first kappa shape index (κ1) is 15.9. The largest absolute Gasteiger partial charge is 0.293 e. The number of rotatable bonds is 5. The first-order valence-electron chi connectivity index (χ1n) is 7.09. The summed E-state index contributed by atoms with van der Waals surface area (Å²) in [6, 6.07) is 14.5. The molecule has 0 saturated carbocycles. The molecule has 0 saturated heterocycles. The van der Waals surface area contributed by atoms with Gasteiger partial charge in [-0.25, -0.2) is 4.39 Å². The Bertz CT molecular complexity index is 624. The fraction of sp³-hybridized carbons (Fsp3) is 0.278. The van der Waals surface area contributed by atoms with Gasteiger partial charge in [0.1, 0.15) is 5.82 Å². The Morgan fingerprint density at radius 2 is 1.81 bits per heavy atom. The van der Waals surface area contributed by atoms with Gasteiger partial charge >= 0.3 is 0 Å². The molecule has 3 heteroatoms. The summed E-state index contributed by atoms with van der Waals surface area (Å²) in [6.45, 7) is 4.08. The average Bonchev–Trinajstić information content (AvgIpc) is 2.51. The molecule has 0 radical (unpaired) electrons. The number of Topliss-reactive ketones (excluding diaryl/α,β-unsaturated/α-hetero) is 1. The van der Waals surface area contributed by atoms with Crippen LogP contribution in [0.15, 0.2) is 53.0 Å². The predicted octanol–water partition coefficient (Wildman–Crippen LogP) is 5.60. The number of hydrogen-bond donors (Lipinski definition) is 0. The van der Waals surface area contributed by atoms with Crippen molar-refractivity contribution in [1.29, 1.82) is 0 Å². The lowest BCUT2D eigenvalue weighted by Crippen LogP contribution is -2.21. The highest BCUT2D eigenvalue weighted by Gasteiger charge is 2.28. The number of ketones is 1. The zero-order valence-corrected chi connectivity index (χ0v) is 13.7. The Morgan fingerprint density at radius 3 is 2.43 bits per heavy atom. The molecular formula is C18H18BrFO. The molecule has 0 aromatic heterocycles. The van der Waals surface area contributed by atoms with E-state index in [-0.39, 0.29) is 23.2 Å². The Morgan fingerprint density at radius 1 is 1.14 bits per heavy atom. The van der Waals surface area contributed by atoms with Crippen molar-refractivity contribution in [2.24, 2.45) is 5.92 Å². The SMILES string of the molecule is CCC(C)C(C(=O)c1cccc(Br)c1F)c1ccccc1. The van der Waals surface area contributed by atoms with E-state index in [1.54, 1.807) is 18.2 Å². The predicted molar refractivity (Wildman–Crippen MR) is 87.1 cm³/mol. The molecule has 0 aliphatic heterocycles. The van der Waals surface area contributed by atoms with Gasteiger partial charge in [-0.1, -0.05) is 56.7 Å². The number of benzene rings is 2. The van der Waals surface area contributed by atoms with Crippen molar-refractivity contribution < 1.29 is 9.18 Å². The molecule has 0 aliphatic carbocycles. The molecule has 2 atom stereocenters. The topological polar surface area (TPSA) is 17.1 Å². The van der Waals surface area contributed by atoms with Crippen LogP contribution in [0.3, 0.4) is 0 Å². The molecular weight excluding hydrogens is 331 g/mol. The fourth-order valence-corrected chi connectivity index (χ4v) is 2.86. The number of halogens is 2. The molecule has 0 bridgehead atoms. The van der Waals surface area contributed by atoms with Gasteiger partial charge < -0.3 is 0 Å². The average molecular weight is 349 g/mol. The summed E-state index contributed by atoms with van der Waals surface area (Å²) < 4.78 is 14.6. The second kappa shape index (κ2) is 6.99. The molecule has 2 rings (SSSR count). The summed E-state index contributed by atoms with van der Waals surface area (Å²) in [7, 11) is 0. The molecule has 2 unspecified atom stereocenters. The van der Waals surface area contributed by atoms with Crippen LogP contribution in [0.2, 0.25) is 0 Å². The minimum Gasteiger partial charge on any atom is -0.293 e. The first-order chi connectivity index (χ1) is 10.1. The molecule has 0 aliphatic rings. The zero-order valence-electron chi connectivity index (χ0n) is 12.1. The number of hydrogen-bond acceptors (Lipinski definition) is 1. The minimum atomic E-state index is -0.480. The van der Waals surface area contributed by atoms with Gasteiger partial charge in [0.15, 0.2) is 5.78 Å². The zero-order chi connectivity index (χ0) is 15.4. The first-order valence-corrected chi connectivity index (χ1v) is 7.88. The molecule has 0 spiro atoms. The second-order valence-electron chi connectivity index (χ2n) is 5.24. The molecule has 1 nitrogen and oxygen atoms in total. The third-order valence-corrected chi connectivity index (χ3v) is 4.48. The highest BCUT2D eigenvalue weighted by molar-refractivity contribution is 9.10.